The Morgan fingerprint density at radius 1 is 1.50 bits per heavy atom. The highest BCUT2D eigenvalue weighted by molar-refractivity contribution is 5.33. The summed E-state index contributed by atoms with van der Waals surface area (Å²) in [5, 5.41) is 5.81. The lowest BCUT2D eigenvalue weighted by molar-refractivity contribution is 0.00759. The van der Waals surface area contributed by atoms with E-state index in [1.54, 1.807) is 0 Å². The Morgan fingerprint density at radius 2 is 2.21 bits per heavy atom. The minimum Gasteiger partial charge on any atom is -0.380 e. The van der Waals surface area contributed by atoms with E-state index in [9.17, 15) is 13.2 Å². The number of aromatic amines is 1. The van der Waals surface area contributed by atoms with E-state index in [2.05, 4.69) is 10.2 Å². The van der Waals surface area contributed by atoms with Crippen LogP contribution in [0.15, 0.2) is 0 Å². The lowest BCUT2D eigenvalue weighted by Crippen LogP contribution is -2.09. The monoisotopic (exact) mass is 205 g/mol. The molecule has 2 rings (SSSR count). The van der Waals surface area contributed by atoms with Crippen LogP contribution in [0, 0.1) is 5.82 Å². The smallest absolute Gasteiger partial charge is 0.248 e. The summed E-state index contributed by atoms with van der Waals surface area (Å²) in [5.41, 5.74) is 5.28. The van der Waals surface area contributed by atoms with Crippen LogP contribution >= 0.6 is 0 Å². The summed E-state index contributed by atoms with van der Waals surface area (Å²) in [6.07, 6.45) is -0.257. The molecule has 0 aromatic carbocycles. The van der Waals surface area contributed by atoms with Crippen molar-refractivity contribution in [3.8, 4) is 0 Å². The van der Waals surface area contributed by atoms with Crippen LogP contribution in [-0.2, 0) is 0 Å². The van der Waals surface area contributed by atoms with Gasteiger partial charge in [-0.1, -0.05) is 0 Å². The molecule has 1 heterocycles. The van der Waals surface area contributed by atoms with Crippen molar-refractivity contribution < 1.29 is 13.2 Å². The van der Waals surface area contributed by atoms with Crippen molar-refractivity contribution in [2.24, 2.45) is 0 Å². The predicted molar refractivity (Wildman–Crippen MR) is 44.5 cm³/mol. The molecule has 1 aromatic rings. The average Bonchev–Trinajstić information content (AvgIpc) is 2.59. The Balaban J connectivity index is 2.22. The number of aromatic nitrogens is 2. The molecular weight excluding hydrogens is 195 g/mol. The lowest BCUT2D eigenvalue weighted by atomic mass is 10.0. The highest BCUT2D eigenvalue weighted by atomic mass is 19.3. The minimum atomic E-state index is -2.68. The first-order chi connectivity index (χ1) is 6.49. The first-order valence-electron chi connectivity index (χ1n) is 4.37. The van der Waals surface area contributed by atoms with E-state index in [0.717, 1.165) is 0 Å². The molecule has 1 fully saturated rings. The highest BCUT2D eigenvalue weighted by Crippen LogP contribution is 2.44. The van der Waals surface area contributed by atoms with Gasteiger partial charge in [-0.2, -0.15) is 5.10 Å². The molecule has 1 aliphatic carbocycles. The zero-order valence-corrected chi connectivity index (χ0v) is 7.36. The fourth-order valence-corrected chi connectivity index (χ4v) is 1.82. The van der Waals surface area contributed by atoms with Crippen LogP contribution in [0.2, 0.25) is 0 Å². The number of hydrogen-bond acceptors (Lipinski definition) is 2. The third kappa shape index (κ3) is 1.44. The molecule has 1 aromatic heterocycles. The maximum atomic E-state index is 13.2. The number of nitrogens with zero attached hydrogens (tertiary/aromatic N) is 1. The zero-order valence-electron chi connectivity index (χ0n) is 7.36. The predicted octanol–water partition coefficient (Wildman–Crippen LogP) is 2.03. The van der Waals surface area contributed by atoms with Gasteiger partial charge in [0.15, 0.2) is 11.6 Å². The van der Waals surface area contributed by atoms with E-state index in [4.69, 9.17) is 5.73 Å². The van der Waals surface area contributed by atoms with Crippen molar-refractivity contribution in [3.63, 3.8) is 0 Å². The summed E-state index contributed by atoms with van der Waals surface area (Å²) in [6, 6.07) is 0. The van der Waals surface area contributed by atoms with Crippen LogP contribution in [0.3, 0.4) is 0 Å². The van der Waals surface area contributed by atoms with Gasteiger partial charge in [0.05, 0.1) is 5.69 Å². The van der Waals surface area contributed by atoms with Crippen molar-refractivity contribution >= 4 is 5.82 Å². The van der Waals surface area contributed by atoms with E-state index >= 15 is 0 Å². The molecule has 78 valence electrons. The number of nitrogens with one attached hydrogen (secondary N) is 1. The Morgan fingerprint density at radius 3 is 2.64 bits per heavy atom. The molecule has 0 radical (unpaired) electrons. The standard InChI is InChI=1S/C8H10F3N3/c9-5-6(13-14-7(5)12)4-1-2-8(10,11)3-4/h4H,1-3H2,(H3,12,13,14). The van der Waals surface area contributed by atoms with E-state index < -0.39 is 17.7 Å². The fourth-order valence-electron chi connectivity index (χ4n) is 1.82. The summed E-state index contributed by atoms with van der Waals surface area (Å²) in [4.78, 5) is 0. The second-order valence-corrected chi connectivity index (χ2v) is 3.63. The first kappa shape index (κ1) is 9.36. The van der Waals surface area contributed by atoms with Gasteiger partial charge in [-0.3, -0.25) is 5.10 Å². The molecule has 6 heteroatoms. The molecule has 0 aliphatic heterocycles. The Kier molecular flexibility index (Phi) is 1.94. The second kappa shape index (κ2) is 2.90. The van der Waals surface area contributed by atoms with Crippen LogP contribution in [0.1, 0.15) is 30.9 Å². The number of nitrogen functional groups attached to an aromatic ring is 1. The molecule has 3 nitrogen and oxygen atoms in total. The Bertz CT molecular complexity index is 348. The van der Waals surface area contributed by atoms with Crippen molar-refractivity contribution in [3.05, 3.63) is 11.5 Å². The maximum Gasteiger partial charge on any atom is 0.248 e. The number of anilines is 1. The van der Waals surface area contributed by atoms with Crippen LogP contribution in [0.4, 0.5) is 19.0 Å². The molecule has 3 N–H and O–H groups in total. The summed E-state index contributed by atoms with van der Waals surface area (Å²) >= 11 is 0. The van der Waals surface area contributed by atoms with Crippen molar-refractivity contribution in [2.75, 3.05) is 5.73 Å². The molecule has 1 saturated carbocycles. The molecular formula is C8H10F3N3. The Labute approximate surface area is 78.5 Å². The third-order valence-corrected chi connectivity index (χ3v) is 2.57. The van der Waals surface area contributed by atoms with Crippen LogP contribution < -0.4 is 5.73 Å². The van der Waals surface area contributed by atoms with Gasteiger partial charge < -0.3 is 5.73 Å². The van der Waals surface area contributed by atoms with Gasteiger partial charge in [-0.05, 0) is 6.42 Å². The minimum absolute atomic E-state index is 0.111. The lowest BCUT2D eigenvalue weighted by Gasteiger charge is -2.08. The van der Waals surface area contributed by atoms with Crippen LogP contribution in [0.5, 0.6) is 0 Å². The first-order valence-corrected chi connectivity index (χ1v) is 4.37. The van der Waals surface area contributed by atoms with Gasteiger partial charge >= 0.3 is 0 Å². The van der Waals surface area contributed by atoms with Gasteiger partial charge in [0, 0.05) is 18.8 Å². The molecule has 1 aliphatic rings. The molecule has 0 saturated heterocycles. The largest absolute Gasteiger partial charge is 0.380 e. The number of H-pyrrole nitrogens is 1. The van der Waals surface area contributed by atoms with Crippen LogP contribution in [-0.4, -0.2) is 16.1 Å². The number of rotatable bonds is 1. The third-order valence-electron chi connectivity index (χ3n) is 2.57. The summed E-state index contributed by atoms with van der Waals surface area (Å²) < 4.78 is 38.9. The van der Waals surface area contributed by atoms with Gasteiger partial charge in [0.25, 0.3) is 0 Å². The summed E-state index contributed by atoms with van der Waals surface area (Å²) in [6.45, 7) is 0. The molecule has 1 atom stereocenters. The van der Waals surface area contributed by atoms with E-state index in [1.165, 1.54) is 0 Å². The number of halogens is 3. The van der Waals surface area contributed by atoms with Gasteiger partial charge in [0.2, 0.25) is 5.92 Å². The zero-order chi connectivity index (χ0) is 10.3. The summed E-state index contributed by atoms with van der Waals surface area (Å²) in [7, 11) is 0. The maximum absolute atomic E-state index is 13.2. The molecule has 14 heavy (non-hydrogen) atoms. The second-order valence-electron chi connectivity index (χ2n) is 3.63. The van der Waals surface area contributed by atoms with Gasteiger partial charge in [0.1, 0.15) is 0 Å². The molecule has 1 unspecified atom stereocenters. The number of nitrogens with two attached hydrogens (primary N) is 1. The van der Waals surface area contributed by atoms with Crippen molar-refractivity contribution in [1.82, 2.24) is 10.2 Å². The number of hydrogen-bond donors (Lipinski definition) is 2. The number of alkyl halides is 2. The summed E-state index contributed by atoms with van der Waals surface area (Å²) in [5.74, 6) is -4.12. The molecule has 0 spiro atoms. The van der Waals surface area contributed by atoms with Crippen LogP contribution in [0.25, 0.3) is 0 Å². The topological polar surface area (TPSA) is 54.7 Å². The Hall–Kier alpha value is -1.20. The van der Waals surface area contributed by atoms with E-state index in [0.29, 0.717) is 0 Å². The van der Waals surface area contributed by atoms with E-state index in [-0.39, 0.29) is 30.8 Å². The SMILES string of the molecule is Nc1n[nH]c(C2CCC(F)(F)C2)c1F. The fraction of sp³-hybridized carbons (Fsp3) is 0.625. The van der Waals surface area contributed by atoms with E-state index in [1.807, 2.05) is 0 Å². The average molecular weight is 205 g/mol. The molecule has 0 bridgehead atoms. The quantitative estimate of drug-likeness (QED) is 0.737. The highest BCUT2D eigenvalue weighted by Gasteiger charge is 2.41. The van der Waals surface area contributed by atoms with Crippen molar-refractivity contribution in [1.29, 1.82) is 0 Å². The molecule has 0 amide bonds. The normalized spacial score (nSPS) is 25.5. The van der Waals surface area contributed by atoms with Crippen molar-refractivity contribution in [2.45, 2.75) is 31.1 Å². The van der Waals surface area contributed by atoms with Gasteiger partial charge in [-0.25, -0.2) is 13.2 Å². The van der Waals surface area contributed by atoms with Gasteiger partial charge in [-0.15, -0.1) is 0 Å².